The van der Waals surface area contributed by atoms with E-state index in [4.69, 9.17) is 11.6 Å². The summed E-state index contributed by atoms with van der Waals surface area (Å²) in [5, 5.41) is 2.17. The van der Waals surface area contributed by atoms with Gasteiger partial charge in [-0.05, 0) is 54.2 Å². The lowest BCUT2D eigenvalue weighted by molar-refractivity contribution is 0.235. The Morgan fingerprint density at radius 1 is 1.56 bits per heavy atom. The molecule has 16 heavy (non-hydrogen) atoms. The van der Waals surface area contributed by atoms with E-state index in [1.807, 2.05) is 11.3 Å². The van der Waals surface area contributed by atoms with Crippen molar-refractivity contribution in [3.05, 3.63) is 20.8 Å². The molecule has 1 nitrogen and oxygen atoms in total. The number of alkyl halides is 1. The fourth-order valence-corrected chi connectivity index (χ4v) is 4.01. The predicted molar refractivity (Wildman–Crippen MR) is 75.4 cm³/mol. The summed E-state index contributed by atoms with van der Waals surface area (Å²) < 4.78 is 1.21. The first kappa shape index (κ1) is 12.9. The average molecular weight is 323 g/mol. The highest BCUT2D eigenvalue weighted by molar-refractivity contribution is 9.10. The van der Waals surface area contributed by atoms with Crippen molar-refractivity contribution in [2.45, 2.75) is 38.3 Å². The Bertz CT molecular complexity index is 329. The van der Waals surface area contributed by atoms with E-state index in [0.717, 1.165) is 24.9 Å². The zero-order valence-corrected chi connectivity index (χ0v) is 12.5. The van der Waals surface area contributed by atoms with Gasteiger partial charge in [0, 0.05) is 33.2 Å². The molecule has 0 amide bonds. The van der Waals surface area contributed by atoms with Crippen LogP contribution in [0.25, 0.3) is 0 Å². The minimum absolute atomic E-state index is 0.764. The van der Waals surface area contributed by atoms with E-state index in [0.29, 0.717) is 0 Å². The number of hydrogen-bond acceptors (Lipinski definition) is 2. The highest BCUT2D eigenvalue weighted by Crippen LogP contribution is 2.27. The van der Waals surface area contributed by atoms with Crippen molar-refractivity contribution in [3.8, 4) is 0 Å². The van der Waals surface area contributed by atoms with Gasteiger partial charge in [0.2, 0.25) is 0 Å². The number of halogens is 2. The van der Waals surface area contributed by atoms with E-state index in [9.17, 15) is 0 Å². The predicted octanol–water partition coefficient (Wildman–Crippen LogP) is 4.49. The van der Waals surface area contributed by atoms with Crippen molar-refractivity contribution in [2.75, 3.05) is 12.4 Å². The highest BCUT2D eigenvalue weighted by Gasteiger charge is 2.24. The molecule has 4 heteroatoms. The lowest BCUT2D eigenvalue weighted by atomic mass is 10.1. The minimum atomic E-state index is 0.764. The van der Waals surface area contributed by atoms with Crippen molar-refractivity contribution in [3.63, 3.8) is 0 Å². The fraction of sp³-hybridized carbons (Fsp3) is 0.667. The van der Waals surface area contributed by atoms with Crippen LogP contribution in [0.1, 0.15) is 30.6 Å². The zero-order chi connectivity index (χ0) is 11.4. The summed E-state index contributed by atoms with van der Waals surface area (Å²) in [4.78, 5) is 4.08. The first-order valence-corrected chi connectivity index (χ1v) is 8.03. The van der Waals surface area contributed by atoms with Gasteiger partial charge in [-0.1, -0.05) is 0 Å². The van der Waals surface area contributed by atoms with Gasteiger partial charge in [-0.15, -0.1) is 22.9 Å². The molecule has 1 fully saturated rings. The van der Waals surface area contributed by atoms with E-state index in [1.165, 1.54) is 35.2 Å². The molecule has 1 saturated heterocycles. The molecular formula is C12H17BrClNS. The van der Waals surface area contributed by atoms with Crippen LogP contribution in [0.15, 0.2) is 15.9 Å². The molecular weight excluding hydrogens is 306 g/mol. The van der Waals surface area contributed by atoms with Crippen LogP contribution >= 0.6 is 38.9 Å². The maximum atomic E-state index is 5.77. The molecule has 0 N–H and O–H groups in total. The smallest absolute Gasteiger partial charge is 0.0331 e. The maximum absolute atomic E-state index is 5.77. The molecule has 0 aromatic carbocycles. The highest BCUT2D eigenvalue weighted by atomic mass is 79.9. The molecule has 1 atom stereocenters. The van der Waals surface area contributed by atoms with Gasteiger partial charge in [0.15, 0.2) is 0 Å². The monoisotopic (exact) mass is 321 g/mol. The molecule has 1 aliphatic heterocycles. The van der Waals surface area contributed by atoms with E-state index in [2.05, 4.69) is 32.3 Å². The summed E-state index contributed by atoms with van der Waals surface area (Å²) in [6.07, 6.45) is 5.11. The molecule has 0 saturated carbocycles. The van der Waals surface area contributed by atoms with E-state index < -0.39 is 0 Å². The van der Waals surface area contributed by atoms with E-state index in [1.54, 1.807) is 0 Å². The standard InChI is InChI=1S/C12H17BrClNS/c13-10-7-12(16-9-10)8-15-6-2-4-11(15)3-1-5-14/h7,9,11H,1-6,8H2. The second kappa shape index (κ2) is 6.39. The third-order valence-corrected chi connectivity index (χ3v) is 5.10. The summed E-state index contributed by atoms with van der Waals surface area (Å²) in [7, 11) is 0. The largest absolute Gasteiger partial charge is 0.295 e. The molecule has 1 aromatic heterocycles. The Labute approximate surface area is 115 Å². The normalized spacial score (nSPS) is 21.8. The fourth-order valence-electron chi connectivity index (χ4n) is 2.38. The molecule has 0 aliphatic carbocycles. The van der Waals surface area contributed by atoms with Gasteiger partial charge in [0.1, 0.15) is 0 Å². The number of thiophene rings is 1. The Hall–Kier alpha value is 0.430. The maximum Gasteiger partial charge on any atom is 0.0331 e. The molecule has 1 aliphatic rings. The molecule has 1 aromatic rings. The second-order valence-electron chi connectivity index (χ2n) is 4.33. The van der Waals surface area contributed by atoms with Gasteiger partial charge >= 0.3 is 0 Å². The third kappa shape index (κ3) is 3.46. The van der Waals surface area contributed by atoms with Gasteiger partial charge in [0.05, 0.1) is 0 Å². The Morgan fingerprint density at radius 2 is 2.44 bits per heavy atom. The van der Waals surface area contributed by atoms with Crippen LogP contribution in [0.5, 0.6) is 0 Å². The second-order valence-corrected chi connectivity index (χ2v) is 6.62. The summed E-state index contributed by atoms with van der Waals surface area (Å²) >= 11 is 11.1. The van der Waals surface area contributed by atoms with Crippen LogP contribution in [-0.2, 0) is 6.54 Å². The molecule has 90 valence electrons. The third-order valence-electron chi connectivity index (χ3n) is 3.15. The molecule has 2 rings (SSSR count). The first-order valence-electron chi connectivity index (χ1n) is 5.82. The zero-order valence-electron chi connectivity index (χ0n) is 9.29. The molecule has 1 unspecified atom stereocenters. The summed E-state index contributed by atoms with van der Waals surface area (Å²) in [5.74, 6) is 0.800. The molecule has 2 heterocycles. The lowest BCUT2D eigenvalue weighted by Gasteiger charge is -2.23. The van der Waals surface area contributed by atoms with Crippen molar-refractivity contribution >= 4 is 38.9 Å². The van der Waals surface area contributed by atoms with Crippen LogP contribution in [0.2, 0.25) is 0 Å². The number of hydrogen-bond donors (Lipinski definition) is 0. The van der Waals surface area contributed by atoms with Gasteiger partial charge in [-0.25, -0.2) is 0 Å². The Morgan fingerprint density at radius 3 is 3.12 bits per heavy atom. The van der Waals surface area contributed by atoms with Crippen molar-refractivity contribution in [2.24, 2.45) is 0 Å². The van der Waals surface area contributed by atoms with Gasteiger partial charge in [0.25, 0.3) is 0 Å². The number of nitrogens with zero attached hydrogens (tertiary/aromatic N) is 1. The molecule has 0 bridgehead atoms. The average Bonchev–Trinajstić information content (AvgIpc) is 2.86. The summed E-state index contributed by atoms with van der Waals surface area (Å²) in [6, 6.07) is 3.00. The van der Waals surface area contributed by atoms with Crippen molar-refractivity contribution in [1.82, 2.24) is 4.90 Å². The minimum Gasteiger partial charge on any atom is -0.295 e. The van der Waals surface area contributed by atoms with Crippen LogP contribution in [0, 0.1) is 0 Å². The van der Waals surface area contributed by atoms with Crippen LogP contribution in [-0.4, -0.2) is 23.4 Å². The Kier molecular flexibility index (Phi) is 5.14. The van der Waals surface area contributed by atoms with Gasteiger partial charge in [-0.2, -0.15) is 0 Å². The van der Waals surface area contributed by atoms with Crippen LogP contribution < -0.4 is 0 Å². The quantitative estimate of drug-likeness (QED) is 0.722. The van der Waals surface area contributed by atoms with Crippen LogP contribution in [0.3, 0.4) is 0 Å². The first-order chi connectivity index (χ1) is 7.79. The Balaban J connectivity index is 1.88. The number of rotatable bonds is 5. The van der Waals surface area contributed by atoms with E-state index >= 15 is 0 Å². The van der Waals surface area contributed by atoms with Crippen molar-refractivity contribution < 1.29 is 0 Å². The van der Waals surface area contributed by atoms with Gasteiger partial charge in [-0.3, -0.25) is 4.90 Å². The summed E-state index contributed by atoms with van der Waals surface area (Å²) in [6.45, 7) is 2.37. The lowest BCUT2D eigenvalue weighted by Crippen LogP contribution is -2.28. The van der Waals surface area contributed by atoms with Crippen molar-refractivity contribution in [1.29, 1.82) is 0 Å². The molecule has 0 spiro atoms. The van der Waals surface area contributed by atoms with Crippen LogP contribution in [0.4, 0.5) is 0 Å². The summed E-state index contributed by atoms with van der Waals surface area (Å²) in [5.41, 5.74) is 0. The van der Waals surface area contributed by atoms with Gasteiger partial charge < -0.3 is 0 Å². The topological polar surface area (TPSA) is 3.24 Å². The molecule has 0 radical (unpaired) electrons. The SMILES string of the molecule is ClCCCC1CCCN1Cc1cc(Br)cs1. The van der Waals surface area contributed by atoms with E-state index in [-0.39, 0.29) is 0 Å². The number of likely N-dealkylation sites (tertiary alicyclic amines) is 1.